The van der Waals surface area contributed by atoms with Gasteiger partial charge >= 0.3 is 0 Å². The Morgan fingerprint density at radius 2 is 1.71 bits per heavy atom. The van der Waals surface area contributed by atoms with Gasteiger partial charge in [-0.25, -0.2) is 0 Å². The summed E-state index contributed by atoms with van der Waals surface area (Å²) in [6, 6.07) is 0. The van der Waals surface area contributed by atoms with Crippen LogP contribution >= 0.6 is 0 Å². The number of rotatable bonds is 4. The van der Waals surface area contributed by atoms with Crippen molar-refractivity contribution in [3.63, 3.8) is 0 Å². The van der Waals surface area contributed by atoms with Crippen LogP contribution < -0.4 is 0 Å². The maximum atomic E-state index is 9.94. The van der Waals surface area contributed by atoms with Crippen molar-refractivity contribution in [3.8, 4) is 0 Å². The minimum absolute atomic E-state index is 0.751. The molecule has 2 heteroatoms. The van der Waals surface area contributed by atoms with E-state index in [9.17, 15) is 5.11 Å². The van der Waals surface area contributed by atoms with Gasteiger partial charge in [-0.15, -0.1) is 0 Å². The molecule has 2 saturated carbocycles. The summed E-state index contributed by atoms with van der Waals surface area (Å²) in [4.78, 5) is 0. The first-order valence-corrected chi connectivity index (χ1v) is 6.15. The average molecular weight is 198 g/mol. The van der Waals surface area contributed by atoms with Crippen LogP contribution in [0.15, 0.2) is 0 Å². The van der Waals surface area contributed by atoms with Gasteiger partial charge in [0.15, 0.2) is 5.79 Å². The second-order valence-electron chi connectivity index (χ2n) is 4.94. The molecule has 0 aliphatic heterocycles. The molecule has 0 aromatic rings. The van der Waals surface area contributed by atoms with Crippen molar-refractivity contribution in [1.82, 2.24) is 0 Å². The first-order chi connectivity index (χ1) is 6.79. The van der Waals surface area contributed by atoms with Crippen LogP contribution in [0.25, 0.3) is 0 Å². The van der Waals surface area contributed by atoms with Crippen LogP contribution in [-0.2, 0) is 4.74 Å². The minimum atomic E-state index is -0.751. The smallest absolute Gasteiger partial charge is 0.165 e. The number of ether oxygens (including phenoxy) is 1. The normalized spacial score (nSPS) is 27.2. The SMILES string of the molecule is OC1(OCCC2CCCC2)CCCC1. The molecule has 0 unspecified atom stereocenters. The van der Waals surface area contributed by atoms with E-state index in [2.05, 4.69) is 0 Å². The molecule has 0 heterocycles. The summed E-state index contributed by atoms with van der Waals surface area (Å²) in [5, 5.41) is 9.94. The van der Waals surface area contributed by atoms with Crippen LogP contribution in [0.5, 0.6) is 0 Å². The highest BCUT2D eigenvalue weighted by molar-refractivity contribution is 4.75. The molecule has 0 saturated heterocycles. The molecule has 2 fully saturated rings. The molecule has 0 aromatic carbocycles. The molecule has 2 aliphatic carbocycles. The monoisotopic (exact) mass is 198 g/mol. The van der Waals surface area contributed by atoms with Crippen molar-refractivity contribution >= 4 is 0 Å². The Kier molecular flexibility index (Phi) is 3.45. The van der Waals surface area contributed by atoms with Gasteiger partial charge < -0.3 is 9.84 Å². The molecule has 0 amide bonds. The highest BCUT2D eigenvalue weighted by atomic mass is 16.6. The maximum Gasteiger partial charge on any atom is 0.165 e. The molecule has 1 N–H and O–H groups in total. The van der Waals surface area contributed by atoms with Gasteiger partial charge in [-0.05, 0) is 25.2 Å². The zero-order valence-electron chi connectivity index (χ0n) is 9.00. The Balaban J connectivity index is 1.61. The minimum Gasteiger partial charge on any atom is -0.365 e. The Morgan fingerprint density at radius 1 is 1.07 bits per heavy atom. The summed E-state index contributed by atoms with van der Waals surface area (Å²) in [5.41, 5.74) is 0. The van der Waals surface area contributed by atoms with E-state index in [0.29, 0.717) is 0 Å². The fourth-order valence-corrected chi connectivity index (χ4v) is 2.79. The van der Waals surface area contributed by atoms with Crippen molar-refractivity contribution in [3.05, 3.63) is 0 Å². The van der Waals surface area contributed by atoms with Crippen LogP contribution in [0.2, 0.25) is 0 Å². The van der Waals surface area contributed by atoms with Crippen molar-refractivity contribution < 1.29 is 9.84 Å². The molecule has 0 bridgehead atoms. The second-order valence-corrected chi connectivity index (χ2v) is 4.94. The van der Waals surface area contributed by atoms with E-state index >= 15 is 0 Å². The van der Waals surface area contributed by atoms with Gasteiger partial charge in [-0.3, -0.25) is 0 Å². The molecule has 2 nitrogen and oxygen atoms in total. The van der Waals surface area contributed by atoms with Crippen LogP contribution in [0.3, 0.4) is 0 Å². The van der Waals surface area contributed by atoms with Gasteiger partial charge in [-0.1, -0.05) is 25.7 Å². The lowest BCUT2D eigenvalue weighted by Crippen LogP contribution is -2.29. The van der Waals surface area contributed by atoms with Crippen molar-refractivity contribution in [2.24, 2.45) is 5.92 Å². The lowest BCUT2D eigenvalue weighted by atomic mass is 10.1. The topological polar surface area (TPSA) is 29.5 Å². The van der Waals surface area contributed by atoms with Crippen LogP contribution in [0, 0.1) is 5.92 Å². The summed E-state index contributed by atoms with van der Waals surface area (Å²) >= 11 is 0. The van der Waals surface area contributed by atoms with Gasteiger partial charge in [0.05, 0.1) is 6.61 Å². The Bertz CT molecular complexity index is 167. The molecular weight excluding hydrogens is 176 g/mol. The summed E-state index contributed by atoms with van der Waals surface area (Å²) < 4.78 is 5.61. The molecule has 0 spiro atoms. The lowest BCUT2D eigenvalue weighted by Gasteiger charge is -2.23. The van der Waals surface area contributed by atoms with E-state index in [4.69, 9.17) is 4.74 Å². The highest BCUT2D eigenvalue weighted by Gasteiger charge is 2.31. The van der Waals surface area contributed by atoms with Gasteiger partial charge in [0.25, 0.3) is 0 Å². The van der Waals surface area contributed by atoms with Crippen molar-refractivity contribution in [2.75, 3.05) is 6.61 Å². The maximum absolute atomic E-state index is 9.94. The number of aliphatic hydroxyl groups is 1. The third-order valence-electron chi connectivity index (χ3n) is 3.76. The van der Waals surface area contributed by atoms with Gasteiger partial charge in [-0.2, -0.15) is 0 Å². The largest absolute Gasteiger partial charge is 0.365 e. The van der Waals surface area contributed by atoms with Gasteiger partial charge in [0.1, 0.15) is 0 Å². The van der Waals surface area contributed by atoms with Crippen molar-refractivity contribution in [2.45, 2.75) is 63.6 Å². The lowest BCUT2D eigenvalue weighted by molar-refractivity contribution is -0.199. The molecule has 82 valence electrons. The molecule has 0 aromatic heterocycles. The number of hydrogen-bond acceptors (Lipinski definition) is 2. The Morgan fingerprint density at radius 3 is 2.36 bits per heavy atom. The van der Waals surface area contributed by atoms with Gasteiger partial charge in [0, 0.05) is 12.8 Å². The van der Waals surface area contributed by atoms with E-state index in [-0.39, 0.29) is 0 Å². The quantitative estimate of drug-likeness (QED) is 0.704. The predicted octanol–water partition coefficient (Wildman–Crippen LogP) is 2.85. The standard InChI is InChI=1S/C12H22O2/c13-12(8-3-4-9-12)14-10-7-11-5-1-2-6-11/h11,13H,1-10H2. The number of hydrogen-bond donors (Lipinski definition) is 1. The molecule has 0 atom stereocenters. The molecule has 2 aliphatic rings. The molecule has 2 rings (SSSR count). The summed E-state index contributed by atoms with van der Waals surface area (Å²) in [6.45, 7) is 0.765. The molecule has 0 radical (unpaired) electrons. The first kappa shape index (κ1) is 10.4. The average Bonchev–Trinajstić information content (AvgIpc) is 2.77. The van der Waals surface area contributed by atoms with Crippen LogP contribution in [-0.4, -0.2) is 17.5 Å². The van der Waals surface area contributed by atoms with Gasteiger partial charge in [0.2, 0.25) is 0 Å². The van der Waals surface area contributed by atoms with E-state index in [0.717, 1.165) is 44.6 Å². The first-order valence-electron chi connectivity index (χ1n) is 6.15. The molecular formula is C12H22O2. The summed E-state index contributed by atoms with van der Waals surface area (Å²) in [7, 11) is 0. The van der Waals surface area contributed by atoms with Crippen molar-refractivity contribution in [1.29, 1.82) is 0 Å². The van der Waals surface area contributed by atoms with Crippen LogP contribution in [0.4, 0.5) is 0 Å². The fourth-order valence-electron chi connectivity index (χ4n) is 2.79. The zero-order chi connectivity index (χ0) is 9.86. The Hall–Kier alpha value is -0.0800. The summed E-state index contributed by atoms with van der Waals surface area (Å²) in [6.07, 6.45) is 10.6. The highest BCUT2D eigenvalue weighted by Crippen LogP contribution is 2.32. The van der Waals surface area contributed by atoms with E-state index in [1.807, 2.05) is 0 Å². The second kappa shape index (κ2) is 4.63. The Labute approximate surface area is 86.6 Å². The predicted molar refractivity (Wildman–Crippen MR) is 55.9 cm³/mol. The van der Waals surface area contributed by atoms with E-state index in [1.165, 1.54) is 25.7 Å². The zero-order valence-corrected chi connectivity index (χ0v) is 9.00. The third kappa shape index (κ3) is 2.71. The fraction of sp³-hybridized carbons (Fsp3) is 1.00. The van der Waals surface area contributed by atoms with Crippen LogP contribution in [0.1, 0.15) is 57.8 Å². The summed E-state index contributed by atoms with van der Waals surface area (Å²) in [5.74, 6) is 0.124. The third-order valence-corrected chi connectivity index (χ3v) is 3.76. The van der Waals surface area contributed by atoms with E-state index in [1.54, 1.807) is 0 Å². The molecule has 14 heavy (non-hydrogen) atoms. The van der Waals surface area contributed by atoms with E-state index < -0.39 is 5.79 Å².